The number of rotatable bonds is 3. The minimum Gasteiger partial charge on any atom is -0.329 e. The van der Waals surface area contributed by atoms with Gasteiger partial charge in [0.1, 0.15) is 0 Å². The Morgan fingerprint density at radius 3 is 2.38 bits per heavy atom. The fraction of sp³-hybridized carbons (Fsp3) is 1.00. The molecule has 0 aromatic heterocycles. The van der Waals surface area contributed by atoms with Gasteiger partial charge in [-0.1, -0.05) is 6.42 Å². The fourth-order valence-electron chi connectivity index (χ4n) is 1.98. The highest BCUT2D eigenvalue weighted by Crippen LogP contribution is 2.20. The smallest absolute Gasteiger partial charge is 0.0309 e. The number of hydrogen-bond donors (Lipinski definition) is 2. The molecule has 3 heteroatoms. The van der Waals surface area contributed by atoms with Crippen LogP contribution in [0.2, 0.25) is 0 Å². The van der Waals surface area contributed by atoms with E-state index in [4.69, 9.17) is 5.73 Å². The van der Waals surface area contributed by atoms with Gasteiger partial charge >= 0.3 is 0 Å². The van der Waals surface area contributed by atoms with Crippen LogP contribution in [0.1, 0.15) is 40.0 Å². The van der Waals surface area contributed by atoms with Crippen LogP contribution in [-0.2, 0) is 0 Å². The summed E-state index contributed by atoms with van der Waals surface area (Å²) < 4.78 is 0. The molecule has 1 aliphatic heterocycles. The van der Waals surface area contributed by atoms with Gasteiger partial charge in [-0.15, -0.1) is 0 Å². The van der Waals surface area contributed by atoms with E-state index in [9.17, 15) is 0 Å². The Morgan fingerprint density at radius 1 is 1.38 bits per heavy atom. The lowest BCUT2D eigenvalue weighted by Gasteiger charge is -2.40. The molecular weight excluding hydrogens is 162 g/mol. The van der Waals surface area contributed by atoms with Gasteiger partial charge in [0, 0.05) is 24.7 Å². The first-order valence-electron chi connectivity index (χ1n) is 5.39. The third-order valence-corrected chi connectivity index (χ3v) is 2.92. The Morgan fingerprint density at radius 2 is 1.92 bits per heavy atom. The van der Waals surface area contributed by atoms with Crippen molar-refractivity contribution in [2.45, 2.75) is 58.2 Å². The van der Waals surface area contributed by atoms with E-state index < -0.39 is 0 Å². The molecule has 1 aliphatic rings. The van der Waals surface area contributed by atoms with Crippen LogP contribution < -0.4 is 11.2 Å². The van der Waals surface area contributed by atoms with E-state index in [-0.39, 0.29) is 0 Å². The maximum atomic E-state index is 5.59. The molecule has 0 amide bonds. The minimum atomic E-state index is 0.392. The molecule has 0 aromatic rings. The maximum absolute atomic E-state index is 5.59. The third kappa shape index (κ3) is 2.93. The van der Waals surface area contributed by atoms with E-state index in [1.165, 1.54) is 19.3 Å². The fourth-order valence-corrected chi connectivity index (χ4v) is 1.98. The van der Waals surface area contributed by atoms with Crippen molar-refractivity contribution in [1.29, 1.82) is 0 Å². The van der Waals surface area contributed by atoms with Crippen molar-refractivity contribution in [3.8, 4) is 0 Å². The topological polar surface area (TPSA) is 41.3 Å². The van der Waals surface area contributed by atoms with Gasteiger partial charge < -0.3 is 5.73 Å². The van der Waals surface area contributed by atoms with Crippen LogP contribution in [0.5, 0.6) is 0 Å². The highest BCUT2D eigenvalue weighted by molar-refractivity contribution is 4.78. The van der Waals surface area contributed by atoms with E-state index >= 15 is 0 Å². The van der Waals surface area contributed by atoms with Crippen molar-refractivity contribution in [3.05, 3.63) is 0 Å². The van der Waals surface area contributed by atoms with Crippen LogP contribution in [0.15, 0.2) is 0 Å². The molecule has 3 unspecified atom stereocenters. The van der Waals surface area contributed by atoms with Crippen molar-refractivity contribution >= 4 is 0 Å². The summed E-state index contributed by atoms with van der Waals surface area (Å²) in [6.07, 6.45) is 3.96. The molecule has 1 heterocycles. The lowest BCUT2D eigenvalue weighted by atomic mass is 10.00. The zero-order valence-corrected chi connectivity index (χ0v) is 9.09. The molecule has 1 saturated heterocycles. The maximum Gasteiger partial charge on any atom is 0.0309 e. The SMILES string of the molecule is CC(CN)NN1C(C)CCCC1C. The second-order valence-corrected chi connectivity index (χ2v) is 4.30. The summed E-state index contributed by atoms with van der Waals surface area (Å²) in [5.74, 6) is 0. The van der Waals surface area contributed by atoms with Crippen LogP contribution in [0.4, 0.5) is 0 Å². The number of nitrogens with two attached hydrogens (primary N) is 1. The second-order valence-electron chi connectivity index (χ2n) is 4.30. The Balaban J connectivity index is 2.43. The van der Waals surface area contributed by atoms with Crippen LogP contribution >= 0.6 is 0 Å². The first-order valence-corrected chi connectivity index (χ1v) is 5.39. The number of piperidine rings is 1. The van der Waals surface area contributed by atoms with E-state index in [2.05, 4.69) is 31.2 Å². The number of nitrogens with zero attached hydrogens (tertiary/aromatic N) is 1. The standard InChI is InChI=1S/C10H23N3/c1-8(7-11)12-13-9(2)5-4-6-10(13)3/h8-10,12H,4-7,11H2,1-3H3. The van der Waals surface area contributed by atoms with Gasteiger partial charge in [-0.3, -0.25) is 5.43 Å². The van der Waals surface area contributed by atoms with Gasteiger partial charge in [0.15, 0.2) is 0 Å². The predicted octanol–water partition coefficient (Wildman–Crippen LogP) is 1.10. The molecule has 13 heavy (non-hydrogen) atoms. The van der Waals surface area contributed by atoms with E-state index in [1.807, 2.05) is 0 Å². The molecule has 1 rings (SSSR count). The molecule has 0 saturated carbocycles. The molecule has 3 atom stereocenters. The van der Waals surface area contributed by atoms with Crippen molar-refractivity contribution in [1.82, 2.24) is 10.4 Å². The van der Waals surface area contributed by atoms with Gasteiger partial charge in [-0.05, 0) is 33.6 Å². The van der Waals surface area contributed by atoms with Crippen LogP contribution in [0.25, 0.3) is 0 Å². The molecule has 0 bridgehead atoms. The van der Waals surface area contributed by atoms with Crippen molar-refractivity contribution in [2.75, 3.05) is 6.54 Å². The Labute approximate surface area is 81.6 Å². The summed E-state index contributed by atoms with van der Waals surface area (Å²) in [5, 5.41) is 2.38. The minimum absolute atomic E-state index is 0.392. The lowest BCUT2D eigenvalue weighted by Crippen LogP contribution is -2.56. The van der Waals surface area contributed by atoms with Gasteiger partial charge in [0.25, 0.3) is 0 Å². The number of hydrazine groups is 1. The Hall–Kier alpha value is -0.120. The van der Waals surface area contributed by atoms with Crippen molar-refractivity contribution < 1.29 is 0 Å². The number of hydrogen-bond acceptors (Lipinski definition) is 3. The highest BCUT2D eigenvalue weighted by atomic mass is 15.5. The van der Waals surface area contributed by atoms with Crippen molar-refractivity contribution in [2.24, 2.45) is 5.73 Å². The predicted molar refractivity (Wildman–Crippen MR) is 56.3 cm³/mol. The summed E-state index contributed by atoms with van der Waals surface area (Å²) in [7, 11) is 0. The van der Waals surface area contributed by atoms with E-state index in [1.54, 1.807) is 0 Å². The molecular formula is C10H23N3. The third-order valence-electron chi connectivity index (χ3n) is 2.92. The van der Waals surface area contributed by atoms with Gasteiger partial charge in [0.05, 0.1) is 0 Å². The van der Waals surface area contributed by atoms with Crippen molar-refractivity contribution in [3.63, 3.8) is 0 Å². The molecule has 1 fully saturated rings. The summed E-state index contributed by atoms with van der Waals surface area (Å²) in [6.45, 7) is 7.40. The molecule has 3 nitrogen and oxygen atoms in total. The largest absolute Gasteiger partial charge is 0.329 e. The quantitative estimate of drug-likeness (QED) is 0.692. The molecule has 78 valence electrons. The Bertz CT molecular complexity index is 139. The molecule has 3 N–H and O–H groups in total. The van der Waals surface area contributed by atoms with Crippen LogP contribution in [-0.4, -0.2) is 29.7 Å². The molecule has 0 aliphatic carbocycles. The second kappa shape index (κ2) is 4.94. The summed E-state index contributed by atoms with van der Waals surface area (Å²) in [6, 6.07) is 1.69. The lowest BCUT2D eigenvalue weighted by molar-refractivity contribution is 0.0336. The first-order chi connectivity index (χ1) is 6.15. The number of nitrogens with one attached hydrogen (secondary N) is 1. The first kappa shape index (κ1) is 11.0. The van der Waals surface area contributed by atoms with Gasteiger partial charge in [-0.25, -0.2) is 5.01 Å². The molecule has 0 aromatic carbocycles. The molecule has 0 spiro atoms. The Kier molecular flexibility index (Phi) is 4.16. The van der Waals surface area contributed by atoms with E-state index in [0.29, 0.717) is 24.7 Å². The zero-order valence-electron chi connectivity index (χ0n) is 9.09. The summed E-state index contributed by atoms with van der Waals surface area (Å²) in [5.41, 5.74) is 9.07. The normalized spacial score (nSPS) is 33.2. The van der Waals surface area contributed by atoms with Crippen LogP contribution in [0, 0.1) is 0 Å². The average Bonchev–Trinajstić information content (AvgIpc) is 2.11. The van der Waals surface area contributed by atoms with Gasteiger partial charge in [-0.2, -0.15) is 0 Å². The monoisotopic (exact) mass is 185 g/mol. The van der Waals surface area contributed by atoms with Crippen LogP contribution in [0.3, 0.4) is 0 Å². The molecule has 0 radical (unpaired) electrons. The van der Waals surface area contributed by atoms with E-state index in [0.717, 1.165) is 0 Å². The summed E-state index contributed by atoms with van der Waals surface area (Å²) in [4.78, 5) is 0. The highest BCUT2D eigenvalue weighted by Gasteiger charge is 2.25. The average molecular weight is 185 g/mol. The summed E-state index contributed by atoms with van der Waals surface area (Å²) >= 11 is 0. The zero-order chi connectivity index (χ0) is 9.84. The van der Waals surface area contributed by atoms with Gasteiger partial charge in [0.2, 0.25) is 0 Å².